The van der Waals surface area contributed by atoms with E-state index < -0.39 is 24.4 Å². The molecule has 0 bridgehead atoms. The molecule has 3 aromatic rings. The van der Waals surface area contributed by atoms with Crippen LogP contribution in [0.1, 0.15) is 89.6 Å². The van der Waals surface area contributed by atoms with Gasteiger partial charge in [0.2, 0.25) is 5.91 Å². The lowest BCUT2D eigenvalue weighted by Gasteiger charge is -2.32. The van der Waals surface area contributed by atoms with Crippen LogP contribution in [0, 0.1) is 0 Å². The maximum atomic E-state index is 12.0. The van der Waals surface area contributed by atoms with Gasteiger partial charge in [-0.1, -0.05) is 43.3 Å². The van der Waals surface area contributed by atoms with Crippen LogP contribution in [-0.2, 0) is 25.3 Å². The molecule has 262 valence electrons. The molecule has 2 amide bonds. The summed E-state index contributed by atoms with van der Waals surface area (Å²) >= 11 is 0. The van der Waals surface area contributed by atoms with Crippen LogP contribution in [0.3, 0.4) is 0 Å². The van der Waals surface area contributed by atoms with Gasteiger partial charge in [0.05, 0.1) is 22.9 Å². The average molecular weight is 671 g/mol. The number of fused-ring (bicyclic) bond motifs is 1. The van der Waals surface area contributed by atoms with Gasteiger partial charge in [0, 0.05) is 39.2 Å². The van der Waals surface area contributed by atoms with Crippen molar-refractivity contribution in [3.05, 3.63) is 83.0 Å². The molecule has 0 spiro atoms. The number of carboxylic acid groups (broad SMARTS) is 1. The normalized spacial score (nSPS) is 19.3. The molecule has 5 rings (SSSR count). The van der Waals surface area contributed by atoms with Crippen molar-refractivity contribution in [1.82, 2.24) is 19.6 Å². The highest BCUT2D eigenvalue weighted by Gasteiger charge is 2.52. The van der Waals surface area contributed by atoms with Gasteiger partial charge in [0.15, 0.2) is 6.23 Å². The summed E-state index contributed by atoms with van der Waals surface area (Å²) in [6, 6.07) is 14.8. The van der Waals surface area contributed by atoms with E-state index in [1.807, 2.05) is 10.9 Å². The van der Waals surface area contributed by atoms with Crippen molar-refractivity contribution in [3.63, 3.8) is 0 Å². The van der Waals surface area contributed by atoms with Gasteiger partial charge in [-0.2, -0.15) is 5.10 Å². The molecule has 2 aromatic carbocycles. The second-order valence-electron chi connectivity index (χ2n) is 14.2. The first kappa shape index (κ1) is 36.4. The molecule has 1 unspecified atom stereocenters. The Balaban J connectivity index is 1.43. The molecular weight excluding hydrogens is 619 g/mol. The maximum absolute atomic E-state index is 12.0. The fourth-order valence-electron chi connectivity index (χ4n) is 6.31. The van der Waals surface area contributed by atoms with Gasteiger partial charge in [-0.15, -0.1) is 0 Å². The number of benzene rings is 2. The molecule has 2 aliphatic rings. The molecule has 0 radical (unpaired) electrons. The summed E-state index contributed by atoms with van der Waals surface area (Å²) in [7, 11) is 2.86. The smallest absolute Gasteiger partial charge is 0.465 e. The molecule has 0 saturated carbocycles. The number of allylic oxidation sites excluding steroid dienone is 1. The lowest BCUT2D eigenvalue weighted by Crippen LogP contribution is -2.41. The van der Waals surface area contributed by atoms with E-state index >= 15 is 0 Å². The fourth-order valence-corrected chi connectivity index (χ4v) is 6.31. The van der Waals surface area contributed by atoms with Crippen molar-refractivity contribution in [2.24, 2.45) is 0 Å². The average Bonchev–Trinajstić information content (AvgIpc) is 3.59. The van der Waals surface area contributed by atoms with E-state index in [9.17, 15) is 14.7 Å². The molecule has 2 saturated heterocycles. The molecule has 49 heavy (non-hydrogen) atoms. The second kappa shape index (κ2) is 15.3. The summed E-state index contributed by atoms with van der Waals surface area (Å²) < 4.78 is 21.2. The van der Waals surface area contributed by atoms with E-state index in [2.05, 4.69) is 77.1 Å². The summed E-state index contributed by atoms with van der Waals surface area (Å²) in [6.07, 6.45) is 9.03. The molecule has 3 heterocycles. The van der Waals surface area contributed by atoms with E-state index in [-0.39, 0.29) is 12.1 Å². The molecular formula is C38H51BN4O6. The van der Waals surface area contributed by atoms with E-state index in [1.54, 1.807) is 20.2 Å². The first-order valence-corrected chi connectivity index (χ1v) is 17.4. The lowest BCUT2D eigenvalue weighted by molar-refractivity contribution is -0.123. The summed E-state index contributed by atoms with van der Waals surface area (Å²) in [5.41, 5.74) is 5.32. The number of carbonyl (C=O) groups excluding carboxylic acids is 1. The van der Waals surface area contributed by atoms with E-state index in [1.165, 1.54) is 15.9 Å². The van der Waals surface area contributed by atoms with E-state index in [4.69, 9.17) is 19.1 Å². The summed E-state index contributed by atoms with van der Waals surface area (Å²) in [5.74, 6) is -0.121. The zero-order chi connectivity index (χ0) is 35.3. The van der Waals surface area contributed by atoms with Crippen molar-refractivity contribution in [2.45, 2.75) is 90.6 Å². The highest BCUT2D eigenvalue weighted by molar-refractivity contribution is 6.56. The first-order chi connectivity index (χ1) is 23.3. The minimum Gasteiger partial charge on any atom is -0.465 e. The van der Waals surface area contributed by atoms with Crippen LogP contribution in [0.5, 0.6) is 0 Å². The monoisotopic (exact) mass is 670 g/mol. The predicted molar refractivity (Wildman–Crippen MR) is 193 cm³/mol. The van der Waals surface area contributed by atoms with Gasteiger partial charge in [0.25, 0.3) is 0 Å². The Morgan fingerprint density at radius 2 is 1.71 bits per heavy atom. The Bertz CT molecular complexity index is 1670. The van der Waals surface area contributed by atoms with Crippen molar-refractivity contribution < 1.29 is 28.7 Å². The third kappa shape index (κ3) is 8.28. The van der Waals surface area contributed by atoms with E-state index in [0.29, 0.717) is 25.9 Å². The maximum Gasteiger partial charge on any atom is 0.491 e. The minimum absolute atomic E-state index is 0.0450. The summed E-state index contributed by atoms with van der Waals surface area (Å²) in [5, 5.41) is 15.6. The highest BCUT2D eigenvalue weighted by atomic mass is 16.7. The molecule has 2 aliphatic heterocycles. The standard InChI is InChI=1S/C38H51BN4O6/c1-8-31(39-48-37(2,3)38(4,5)49-39)35(29-19-20-32-30(25-29)26-40-43(32)34-14-10-12-24-47-34)28-17-15-27(16-18-28)21-23-42(36(45)46)22-11-9-13-33(44)41(6)7/h9,13,15-20,25-26,34H,8,10-12,14,21-24H2,1-7H3,(H,45,46). The number of rotatable bonds is 12. The number of ether oxygens (including phenoxy) is 1. The highest BCUT2D eigenvalue weighted by Crippen LogP contribution is 2.42. The fraction of sp³-hybridized carbons (Fsp3) is 0.500. The number of aromatic nitrogens is 2. The van der Waals surface area contributed by atoms with Crippen LogP contribution in [0.4, 0.5) is 4.79 Å². The number of amides is 2. The van der Waals surface area contributed by atoms with Crippen LogP contribution in [0.25, 0.3) is 16.5 Å². The molecule has 11 heteroatoms. The summed E-state index contributed by atoms with van der Waals surface area (Å²) in [4.78, 5) is 26.6. The van der Waals surface area contributed by atoms with Crippen LogP contribution in [0.15, 0.2) is 66.3 Å². The number of likely N-dealkylation sites (N-methyl/N-ethyl adjacent to an activating group) is 1. The summed E-state index contributed by atoms with van der Waals surface area (Å²) in [6.45, 7) is 11.9. The molecule has 2 fully saturated rings. The Kier molecular flexibility index (Phi) is 11.4. The SMILES string of the molecule is CCC(B1OC(C)(C)C(C)(C)O1)=C(c1ccc(CCN(CCC=CC(=O)N(C)C)C(=O)O)cc1)c1ccc2c(cnn2C2CCCCO2)c1. The molecule has 10 nitrogen and oxygen atoms in total. The van der Waals surface area contributed by atoms with Gasteiger partial charge < -0.3 is 29.0 Å². The topological polar surface area (TPSA) is 106 Å². The number of nitrogens with zero attached hydrogens (tertiary/aromatic N) is 4. The minimum atomic E-state index is -0.974. The second-order valence-corrected chi connectivity index (χ2v) is 14.2. The van der Waals surface area contributed by atoms with Crippen molar-refractivity contribution in [3.8, 4) is 0 Å². The molecule has 1 N–H and O–H groups in total. The Labute approximate surface area is 290 Å². The van der Waals surface area contributed by atoms with Gasteiger partial charge in [-0.05, 0) is 112 Å². The Morgan fingerprint density at radius 1 is 1.02 bits per heavy atom. The van der Waals surface area contributed by atoms with Crippen LogP contribution in [-0.4, -0.2) is 88.8 Å². The molecule has 1 aromatic heterocycles. The van der Waals surface area contributed by atoms with Gasteiger partial charge in [0.1, 0.15) is 0 Å². The van der Waals surface area contributed by atoms with Crippen LogP contribution in [0.2, 0.25) is 0 Å². The zero-order valence-electron chi connectivity index (χ0n) is 30.1. The van der Waals surface area contributed by atoms with Crippen molar-refractivity contribution >= 4 is 35.6 Å². The van der Waals surface area contributed by atoms with Crippen molar-refractivity contribution in [1.29, 1.82) is 0 Å². The Hall–Kier alpha value is -3.93. The third-order valence-electron chi connectivity index (χ3n) is 10.0. The predicted octanol–water partition coefficient (Wildman–Crippen LogP) is 7.14. The van der Waals surface area contributed by atoms with Crippen LogP contribution < -0.4 is 0 Å². The third-order valence-corrected chi connectivity index (χ3v) is 10.0. The van der Waals surface area contributed by atoms with Gasteiger partial charge in [-0.25, -0.2) is 9.48 Å². The van der Waals surface area contributed by atoms with Gasteiger partial charge >= 0.3 is 13.2 Å². The first-order valence-electron chi connectivity index (χ1n) is 17.4. The lowest BCUT2D eigenvalue weighted by atomic mass is 9.70. The number of hydrogen-bond acceptors (Lipinski definition) is 6. The zero-order valence-corrected chi connectivity index (χ0v) is 30.1. The molecule has 1 atom stereocenters. The molecule has 0 aliphatic carbocycles. The largest absolute Gasteiger partial charge is 0.491 e. The van der Waals surface area contributed by atoms with E-state index in [0.717, 1.165) is 70.9 Å². The quantitative estimate of drug-likeness (QED) is 0.161. The number of carbonyl (C=O) groups is 2. The Morgan fingerprint density at radius 3 is 2.33 bits per heavy atom. The number of hydrogen-bond donors (Lipinski definition) is 1. The van der Waals surface area contributed by atoms with Gasteiger partial charge in [-0.3, -0.25) is 4.79 Å². The van der Waals surface area contributed by atoms with Crippen molar-refractivity contribution in [2.75, 3.05) is 33.8 Å². The van der Waals surface area contributed by atoms with Crippen LogP contribution >= 0.6 is 0 Å².